The van der Waals surface area contributed by atoms with Crippen molar-refractivity contribution >= 4 is 34.2 Å². The average molecular weight is 314 g/mol. The summed E-state index contributed by atoms with van der Waals surface area (Å²) < 4.78 is 2.05. The number of halogens is 1. The normalized spacial score (nSPS) is 10.9. The number of carbonyl (C=O) groups excluding carboxylic acids is 1. The van der Waals surface area contributed by atoms with Crippen LogP contribution in [0.4, 0.5) is 5.69 Å². The molecule has 2 aromatic carbocycles. The summed E-state index contributed by atoms with van der Waals surface area (Å²) in [7, 11) is 1.99. The van der Waals surface area contributed by atoms with Crippen LogP contribution in [0.3, 0.4) is 0 Å². The Balaban J connectivity index is 1.89. The summed E-state index contributed by atoms with van der Waals surface area (Å²) in [5.41, 5.74) is 3.16. The van der Waals surface area contributed by atoms with Crippen LogP contribution in [0.2, 0.25) is 5.02 Å². The molecule has 1 N–H and O–H groups in total. The highest BCUT2D eigenvalue weighted by Gasteiger charge is 2.11. The first-order valence-electron chi connectivity index (χ1n) is 7.10. The molecule has 0 fully saturated rings. The Labute approximate surface area is 133 Å². The van der Waals surface area contributed by atoms with Crippen molar-refractivity contribution in [2.24, 2.45) is 7.05 Å². The second-order valence-electron chi connectivity index (χ2n) is 5.11. The number of amides is 1. The van der Waals surface area contributed by atoms with Crippen LogP contribution in [-0.4, -0.2) is 15.5 Å². The lowest BCUT2D eigenvalue weighted by molar-refractivity contribution is 0.102. The minimum Gasteiger partial charge on any atom is -0.331 e. The van der Waals surface area contributed by atoms with E-state index in [0.717, 1.165) is 23.3 Å². The third-order valence-corrected chi connectivity index (χ3v) is 3.91. The SMILES string of the molecule is CCc1nc2cc(C(=O)Nc3ccc(Cl)cc3)ccc2n1C. The van der Waals surface area contributed by atoms with E-state index in [4.69, 9.17) is 11.6 Å². The van der Waals surface area contributed by atoms with E-state index in [1.165, 1.54) is 0 Å². The maximum atomic E-state index is 12.3. The number of aryl methyl sites for hydroxylation is 2. The van der Waals surface area contributed by atoms with Gasteiger partial charge in [0.2, 0.25) is 0 Å². The Morgan fingerprint density at radius 2 is 1.95 bits per heavy atom. The van der Waals surface area contributed by atoms with Gasteiger partial charge in [-0.05, 0) is 42.5 Å². The van der Waals surface area contributed by atoms with E-state index in [1.54, 1.807) is 24.3 Å². The summed E-state index contributed by atoms with van der Waals surface area (Å²) in [6, 6.07) is 12.6. The first-order chi connectivity index (χ1) is 10.6. The van der Waals surface area contributed by atoms with Gasteiger partial charge in [0.05, 0.1) is 11.0 Å². The lowest BCUT2D eigenvalue weighted by Gasteiger charge is -2.05. The molecule has 0 radical (unpaired) electrons. The number of fused-ring (bicyclic) bond motifs is 1. The van der Waals surface area contributed by atoms with Crippen LogP contribution in [0.15, 0.2) is 42.5 Å². The van der Waals surface area contributed by atoms with Gasteiger partial charge < -0.3 is 9.88 Å². The minimum absolute atomic E-state index is 0.159. The number of rotatable bonds is 3. The van der Waals surface area contributed by atoms with Crippen molar-refractivity contribution in [3.05, 3.63) is 58.9 Å². The van der Waals surface area contributed by atoms with Gasteiger partial charge in [-0.3, -0.25) is 4.79 Å². The van der Waals surface area contributed by atoms with Crippen LogP contribution in [0.25, 0.3) is 11.0 Å². The van der Waals surface area contributed by atoms with E-state index >= 15 is 0 Å². The third kappa shape index (κ3) is 2.70. The summed E-state index contributed by atoms with van der Waals surface area (Å²) in [5, 5.41) is 3.49. The van der Waals surface area contributed by atoms with E-state index in [-0.39, 0.29) is 5.91 Å². The summed E-state index contributed by atoms with van der Waals surface area (Å²) in [5.74, 6) is 0.846. The van der Waals surface area contributed by atoms with Crippen molar-refractivity contribution in [3.63, 3.8) is 0 Å². The zero-order chi connectivity index (χ0) is 15.7. The molecule has 5 heteroatoms. The van der Waals surface area contributed by atoms with Gasteiger partial charge in [-0.2, -0.15) is 0 Å². The lowest BCUT2D eigenvalue weighted by Crippen LogP contribution is -2.11. The maximum absolute atomic E-state index is 12.3. The molecule has 0 saturated carbocycles. The van der Waals surface area contributed by atoms with Gasteiger partial charge in [0.1, 0.15) is 5.82 Å². The molecule has 0 aliphatic rings. The Morgan fingerprint density at radius 1 is 1.23 bits per heavy atom. The Hall–Kier alpha value is -2.33. The van der Waals surface area contributed by atoms with Gasteiger partial charge in [-0.25, -0.2) is 4.98 Å². The van der Waals surface area contributed by atoms with Crippen LogP contribution < -0.4 is 5.32 Å². The monoisotopic (exact) mass is 313 g/mol. The Morgan fingerprint density at radius 3 is 2.64 bits per heavy atom. The van der Waals surface area contributed by atoms with Crippen LogP contribution in [0.1, 0.15) is 23.1 Å². The van der Waals surface area contributed by atoms with Gasteiger partial charge in [0.15, 0.2) is 0 Å². The number of hydrogen-bond acceptors (Lipinski definition) is 2. The molecule has 22 heavy (non-hydrogen) atoms. The lowest BCUT2D eigenvalue weighted by atomic mass is 10.2. The number of benzene rings is 2. The highest BCUT2D eigenvalue weighted by molar-refractivity contribution is 6.30. The number of hydrogen-bond donors (Lipinski definition) is 1. The van der Waals surface area contributed by atoms with E-state index < -0.39 is 0 Å². The second kappa shape index (κ2) is 5.81. The fraction of sp³-hybridized carbons (Fsp3) is 0.176. The molecule has 3 rings (SSSR count). The molecular formula is C17H16ClN3O. The van der Waals surface area contributed by atoms with Gasteiger partial charge in [-0.15, -0.1) is 0 Å². The first-order valence-corrected chi connectivity index (χ1v) is 7.48. The summed E-state index contributed by atoms with van der Waals surface area (Å²) in [6.07, 6.45) is 0.859. The number of aromatic nitrogens is 2. The molecule has 0 unspecified atom stereocenters. The number of carbonyl (C=O) groups is 1. The molecule has 0 aliphatic heterocycles. The Kier molecular flexibility index (Phi) is 3.86. The molecule has 3 aromatic rings. The third-order valence-electron chi connectivity index (χ3n) is 3.65. The molecule has 0 spiro atoms. The quantitative estimate of drug-likeness (QED) is 0.793. The molecule has 4 nitrogen and oxygen atoms in total. The second-order valence-corrected chi connectivity index (χ2v) is 5.54. The fourth-order valence-electron chi connectivity index (χ4n) is 2.44. The van der Waals surface area contributed by atoms with Crippen LogP contribution in [-0.2, 0) is 13.5 Å². The molecule has 1 heterocycles. The van der Waals surface area contributed by atoms with Gasteiger partial charge in [0, 0.05) is 29.7 Å². The smallest absolute Gasteiger partial charge is 0.255 e. The Bertz CT molecular complexity index is 837. The van der Waals surface area contributed by atoms with Crippen molar-refractivity contribution in [3.8, 4) is 0 Å². The van der Waals surface area contributed by atoms with E-state index in [0.29, 0.717) is 16.3 Å². The van der Waals surface area contributed by atoms with Crippen molar-refractivity contribution in [1.82, 2.24) is 9.55 Å². The highest BCUT2D eigenvalue weighted by atomic mass is 35.5. The number of nitrogens with one attached hydrogen (secondary N) is 1. The molecule has 1 amide bonds. The van der Waals surface area contributed by atoms with Gasteiger partial charge >= 0.3 is 0 Å². The molecule has 112 valence electrons. The molecule has 0 bridgehead atoms. The molecule has 0 atom stereocenters. The minimum atomic E-state index is -0.159. The molecule has 0 saturated heterocycles. The molecular weight excluding hydrogens is 298 g/mol. The number of anilines is 1. The van der Waals surface area contributed by atoms with Crippen molar-refractivity contribution in [2.75, 3.05) is 5.32 Å². The predicted octanol–water partition coefficient (Wildman–Crippen LogP) is 4.04. The number of nitrogens with zero attached hydrogens (tertiary/aromatic N) is 2. The van der Waals surface area contributed by atoms with Gasteiger partial charge in [0.25, 0.3) is 5.91 Å². The fourth-order valence-corrected chi connectivity index (χ4v) is 2.57. The van der Waals surface area contributed by atoms with E-state index in [9.17, 15) is 4.79 Å². The first kappa shape index (κ1) is 14.6. The average Bonchev–Trinajstić information content (AvgIpc) is 2.85. The topological polar surface area (TPSA) is 46.9 Å². The van der Waals surface area contributed by atoms with E-state index in [2.05, 4.69) is 21.8 Å². The van der Waals surface area contributed by atoms with Crippen LogP contribution in [0, 0.1) is 0 Å². The highest BCUT2D eigenvalue weighted by Crippen LogP contribution is 2.19. The molecule has 1 aromatic heterocycles. The van der Waals surface area contributed by atoms with Crippen molar-refractivity contribution < 1.29 is 4.79 Å². The zero-order valence-electron chi connectivity index (χ0n) is 12.4. The molecule has 0 aliphatic carbocycles. The van der Waals surface area contributed by atoms with E-state index in [1.807, 2.05) is 25.2 Å². The zero-order valence-corrected chi connectivity index (χ0v) is 13.2. The number of imidazole rings is 1. The van der Waals surface area contributed by atoms with Gasteiger partial charge in [-0.1, -0.05) is 18.5 Å². The summed E-state index contributed by atoms with van der Waals surface area (Å²) >= 11 is 5.84. The van der Waals surface area contributed by atoms with Crippen molar-refractivity contribution in [1.29, 1.82) is 0 Å². The van der Waals surface area contributed by atoms with Crippen LogP contribution >= 0.6 is 11.6 Å². The summed E-state index contributed by atoms with van der Waals surface area (Å²) in [4.78, 5) is 16.9. The maximum Gasteiger partial charge on any atom is 0.255 e. The van der Waals surface area contributed by atoms with Crippen LogP contribution in [0.5, 0.6) is 0 Å². The standard InChI is InChI=1S/C17H16ClN3O/c1-3-16-20-14-10-11(4-9-15(14)21(16)2)17(22)19-13-7-5-12(18)6-8-13/h4-10H,3H2,1-2H3,(H,19,22). The largest absolute Gasteiger partial charge is 0.331 e. The predicted molar refractivity (Wildman–Crippen MR) is 89.5 cm³/mol. The van der Waals surface area contributed by atoms with Crippen molar-refractivity contribution in [2.45, 2.75) is 13.3 Å². The summed E-state index contributed by atoms with van der Waals surface area (Å²) in [6.45, 7) is 2.06.